The lowest BCUT2D eigenvalue weighted by molar-refractivity contribution is 0.0854. The first-order chi connectivity index (χ1) is 8.24. The predicted octanol–water partition coefficient (Wildman–Crippen LogP) is 1.87. The standard InChI is InChI=1S/C12H20N2O3/c1-3-4-10(16-2)12-13-11(17-14-12)7-9(15)8-5-6-8/h8-10,15H,3-7H2,1-2H3. The maximum atomic E-state index is 9.79. The molecular formula is C12H20N2O3. The van der Waals surface area contributed by atoms with Gasteiger partial charge in [0.15, 0.2) is 0 Å². The van der Waals surface area contributed by atoms with Gasteiger partial charge in [0, 0.05) is 7.11 Å². The summed E-state index contributed by atoms with van der Waals surface area (Å²) in [6, 6.07) is 0. The van der Waals surface area contributed by atoms with E-state index in [2.05, 4.69) is 17.1 Å². The first-order valence-corrected chi connectivity index (χ1v) is 6.28. The van der Waals surface area contributed by atoms with Crippen LogP contribution in [-0.2, 0) is 11.2 Å². The highest BCUT2D eigenvalue weighted by Crippen LogP contribution is 2.33. The van der Waals surface area contributed by atoms with Crippen LogP contribution >= 0.6 is 0 Å². The minimum absolute atomic E-state index is 0.101. The molecule has 1 aliphatic rings. The van der Waals surface area contributed by atoms with E-state index in [0.717, 1.165) is 25.7 Å². The van der Waals surface area contributed by atoms with Crippen LogP contribution in [0.15, 0.2) is 4.52 Å². The predicted molar refractivity (Wildman–Crippen MR) is 61.4 cm³/mol. The van der Waals surface area contributed by atoms with Crippen molar-refractivity contribution in [2.45, 2.75) is 51.2 Å². The van der Waals surface area contributed by atoms with Gasteiger partial charge in [-0.2, -0.15) is 4.98 Å². The van der Waals surface area contributed by atoms with Crippen molar-refractivity contribution in [3.05, 3.63) is 11.7 Å². The lowest BCUT2D eigenvalue weighted by atomic mass is 10.1. The number of hydrogen-bond acceptors (Lipinski definition) is 5. The molecule has 0 spiro atoms. The third kappa shape index (κ3) is 3.26. The summed E-state index contributed by atoms with van der Waals surface area (Å²) in [6.45, 7) is 2.09. The molecule has 5 heteroatoms. The molecule has 0 amide bonds. The van der Waals surface area contributed by atoms with Crippen LogP contribution in [0.25, 0.3) is 0 Å². The van der Waals surface area contributed by atoms with Crippen LogP contribution in [0.3, 0.4) is 0 Å². The second-order valence-corrected chi connectivity index (χ2v) is 4.67. The summed E-state index contributed by atoms with van der Waals surface area (Å²) in [6.07, 6.45) is 4.12. The zero-order valence-electron chi connectivity index (χ0n) is 10.4. The fraction of sp³-hybridized carbons (Fsp3) is 0.833. The minimum Gasteiger partial charge on any atom is -0.392 e. The van der Waals surface area contributed by atoms with Gasteiger partial charge in [-0.05, 0) is 25.2 Å². The Morgan fingerprint density at radius 1 is 1.53 bits per heavy atom. The fourth-order valence-corrected chi connectivity index (χ4v) is 1.92. The van der Waals surface area contributed by atoms with Gasteiger partial charge in [-0.15, -0.1) is 0 Å². The second kappa shape index (κ2) is 5.60. The molecule has 0 aromatic carbocycles. The van der Waals surface area contributed by atoms with E-state index in [0.29, 0.717) is 24.1 Å². The molecule has 1 fully saturated rings. The van der Waals surface area contributed by atoms with Crippen LogP contribution in [0.1, 0.15) is 50.4 Å². The molecular weight excluding hydrogens is 220 g/mol. The van der Waals surface area contributed by atoms with Gasteiger partial charge >= 0.3 is 0 Å². The molecule has 1 N–H and O–H groups in total. The Kier molecular flexibility index (Phi) is 4.12. The van der Waals surface area contributed by atoms with E-state index in [-0.39, 0.29) is 12.2 Å². The molecule has 17 heavy (non-hydrogen) atoms. The van der Waals surface area contributed by atoms with E-state index in [1.54, 1.807) is 7.11 Å². The summed E-state index contributed by atoms with van der Waals surface area (Å²) in [5, 5.41) is 13.7. The van der Waals surface area contributed by atoms with Crippen molar-refractivity contribution in [3.8, 4) is 0 Å². The van der Waals surface area contributed by atoms with Crippen molar-refractivity contribution < 1.29 is 14.4 Å². The number of aliphatic hydroxyl groups excluding tert-OH is 1. The first-order valence-electron chi connectivity index (χ1n) is 6.28. The zero-order valence-corrected chi connectivity index (χ0v) is 10.4. The molecule has 1 aromatic heterocycles. The van der Waals surface area contributed by atoms with Gasteiger partial charge in [0.05, 0.1) is 12.5 Å². The van der Waals surface area contributed by atoms with Crippen molar-refractivity contribution in [1.29, 1.82) is 0 Å². The monoisotopic (exact) mass is 240 g/mol. The van der Waals surface area contributed by atoms with Crippen LogP contribution in [0, 0.1) is 5.92 Å². The van der Waals surface area contributed by atoms with E-state index in [4.69, 9.17) is 9.26 Å². The molecule has 0 radical (unpaired) electrons. The smallest absolute Gasteiger partial charge is 0.229 e. The summed E-state index contributed by atoms with van der Waals surface area (Å²) in [4.78, 5) is 4.29. The molecule has 0 saturated heterocycles. The number of aromatic nitrogens is 2. The maximum absolute atomic E-state index is 9.79. The van der Waals surface area contributed by atoms with Crippen molar-refractivity contribution in [2.24, 2.45) is 5.92 Å². The summed E-state index contributed by atoms with van der Waals surface area (Å²) in [5.74, 6) is 1.53. The molecule has 1 aromatic rings. The summed E-state index contributed by atoms with van der Waals surface area (Å²) < 4.78 is 10.4. The maximum Gasteiger partial charge on any atom is 0.229 e. The van der Waals surface area contributed by atoms with Crippen LogP contribution < -0.4 is 0 Å². The van der Waals surface area contributed by atoms with Crippen molar-refractivity contribution in [2.75, 3.05) is 7.11 Å². The van der Waals surface area contributed by atoms with Gasteiger partial charge < -0.3 is 14.4 Å². The van der Waals surface area contributed by atoms with Gasteiger partial charge in [-0.1, -0.05) is 18.5 Å². The van der Waals surface area contributed by atoms with E-state index < -0.39 is 0 Å². The van der Waals surface area contributed by atoms with Gasteiger partial charge in [0.25, 0.3) is 0 Å². The van der Waals surface area contributed by atoms with Gasteiger partial charge in [0.1, 0.15) is 6.10 Å². The average molecular weight is 240 g/mol. The van der Waals surface area contributed by atoms with Crippen molar-refractivity contribution in [1.82, 2.24) is 10.1 Å². The zero-order chi connectivity index (χ0) is 12.3. The highest BCUT2D eigenvalue weighted by molar-refractivity contribution is 4.94. The second-order valence-electron chi connectivity index (χ2n) is 4.67. The highest BCUT2D eigenvalue weighted by atomic mass is 16.5. The Hall–Kier alpha value is -0.940. The summed E-state index contributed by atoms with van der Waals surface area (Å²) in [5.41, 5.74) is 0. The highest BCUT2D eigenvalue weighted by Gasteiger charge is 2.31. The summed E-state index contributed by atoms with van der Waals surface area (Å²) >= 11 is 0. The Morgan fingerprint density at radius 2 is 2.29 bits per heavy atom. The molecule has 1 heterocycles. The van der Waals surface area contributed by atoms with Gasteiger partial charge in [-0.25, -0.2) is 0 Å². The normalized spacial score (nSPS) is 19.2. The van der Waals surface area contributed by atoms with Crippen LogP contribution in [0.4, 0.5) is 0 Å². The Morgan fingerprint density at radius 3 is 2.88 bits per heavy atom. The van der Waals surface area contributed by atoms with E-state index in [1.807, 2.05) is 0 Å². The minimum atomic E-state index is -0.338. The van der Waals surface area contributed by atoms with E-state index in [1.165, 1.54) is 0 Å². The Labute approximate surface area is 101 Å². The number of hydrogen-bond donors (Lipinski definition) is 1. The fourth-order valence-electron chi connectivity index (χ4n) is 1.92. The third-order valence-electron chi connectivity index (χ3n) is 3.16. The third-order valence-corrected chi connectivity index (χ3v) is 3.16. The number of nitrogens with zero attached hydrogens (tertiary/aromatic N) is 2. The SMILES string of the molecule is CCCC(OC)c1noc(CC(O)C2CC2)n1. The molecule has 1 aliphatic carbocycles. The van der Waals surface area contributed by atoms with Crippen LogP contribution in [-0.4, -0.2) is 28.5 Å². The van der Waals surface area contributed by atoms with Gasteiger partial charge in [0.2, 0.25) is 11.7 Å². The van der Waals surface area contributed by atoms with Crippen LogP contribution in [0.2, 0.25) is 0 Å². The lowest BCUT2D eigenvalue weighted by Gasteiger charge is -2.08. The Bertz CT molecular complexity index is 349. The molecule has 0 aliphatic heterocycles. The Balaban J connectivity index is 1.93. The molecule has 2 rings (SSSR count). The van der Waals surface area contributed by atoms with E-state index in [9.17, 15) is 5.11 Å². The summed E-state index contributed by atoms with van der Waals surface area (Å²) in [7, 11) is 1.65. The largest absolute Gasteiger partial charge is 0.392 e. The number of aliphatic hydroxyl groups is 1. The number of ether oxygens (including phenoxy) is 1. The molecule has 2 unspecified atom stereocenters. The molecule has 2 atom stereocenters. The van der Waals surface area contributed by atoms with Crippen molar-refractivity contribution in [3.63, 3.8) is 0 Å². The number of methoxy groups -OCH3 is 1. The number of rotatable bonds is 7. The topological polar surface area (TPSA) is 68.4 Å². The van der Waals surface area contributed by atoms with Gasteiger partial charge in [-0.3, -0.25) is 0 Å². The lowest BCUT2D eigenvalue weighted by Crippen LogP contribution is -2.13. The molecule has 1 saturated carbocycles. The van der Waals surface area contributed by atoms with E-state index >= 15 is 0 Å². The molecule has 96 valence electrons. The van der Waals surface area contributed by atoms with Crippen LogP contribution in [0.5, 0.6) is 0 Å². The molecule has 5 nitrogen and oxygen atoms in total. The average Bonchev–Trinajstić information content (AvgIpc) is 3.08. The van der Waals surface area contributed by atoms with Crippen molar-refractivity contribution >= 4 is 0 Å². The molecule has 0 bridgehead atoms. The quantitative estimate of drug-likeness (QED) is 0.788. The first kappa shape index (κ1) is 12.5.